The first-order chi connectivity index (χ1) is 8.67. The highest BCUT2D eigenvalue weighted by Crippen LogP contribution is 2.14. The summed E-state index contributed by atoms with van der Waals surface area (Å²) in [5.41, 5.74) is 2.59. The van der Waals surface area contributed by atoms with Crippen molar-refractivity contribution in [2.24, 2.45) is 0 Å². The Hall–Kier alpha value is -0.850. The summed E-state index contributed by atoms with van der Waals surface area (Å²) in [7, 11) is 0. The number of rotatable bonds is 10. The molecule has 0 aliphatic heterocycles. The Morgan fingerprint density at radius 1 is 0.778 bits per heavy atom. The molecule has 0 aromatic heterocycles. The van der Waals surface area contributed by atoms with Crippen LogP contribution in [0.25, 0.3) is 0 Å². The molecule has 0 N–H and O–H groups in total. The molecule has 0 saturated heterocycles. The van der Waals surface area contributed by atoms with Gasteiger partial charge in [-0.2, -0.15) is 0 Å². The molecule has 1 nitrogen and oxygen atoms in total. The zero-order chi connectivity index (χ0) is 13.8. The number of hydrogen-bond acceptors (Lipinski definition) is 1. The lowest BCUT2D eigenvalue weighted by atomic mass is 10.0. The molecule has 0 heterocycles. The minimum atomic E-state index is 0.191. The van der Waals surface area contributed by atoms with E-state index in [1.807, 2.05) is 12.2 Å². The van der Waals surface area contributed by atoms with E-state index in [9.17, 15) is 4.79 Å². The maximum Gasteiger partial charge on any atom is 0.178 e. The van der Waals surface area contributed by atoms with E-state index in [2.05, 4.69) is 27.7 Å². The van der Waals surface area contributed by atoms with Gasteiger partial charge < -0.3 is 0 Å². The number of hydrogen-bond donors (Lipinski definition) is 0. The summed E-state index contributed by atoms with van der Waals surface area (Å²) >= 11 is 0. The van der Waals surface area contributed by atoms with Crippen molar-refractivity contribution in [3.8, 4) is 0 Å². The average Bonchev–Trinajstić information content (AvgIpc) is 2.39. The van der Waals surface area contributed by atoms with E-state index < -0.39 is 0 Å². The van der Waals surface area contributed by atoms with Crippen LogP contribution in [0.5, 0.6) is 0 Å². The van der Waals surface area contributed by atoms with Gasteiger partial charge in [0.1, 0.15) is 0 Å². The van der Waals surface area contributed by atoms with Crippen LogP contribution < -0.4 is 0 Å². The molecule has 0 saturated carbocycles. The summed E-state index contributed by atoms with van der Waals surface area (Å²) in [6.45, 7) is 8.65. The predicted molar refractivity (Wildman–Crippen MR) is 80.8 cm³/mol. The third kappa shape index (κ3) is 8.27. The second-order valence-electron chi connectivity index (χ2n) is 4.92. The Balaban J connectivity index is 4.50. The van der Waals surface area contributed by atoms with Crippen molar-refractivity contribution in [1.29, 1.82) is 0 Å². The van der Waals surface area contributed by atoms with Crippen LogP contribution in [0.2, 0.25) is 0 Å². The molecule has 0 rings (SSSR count). The van der Waals surface area contributed by atoms with E-state index >= 15 is 0 Å². The van der Waals surface area contributed by atoms with E-state index in [0.29, 0.717) is 0 Å². The SMILES string of the molecule is CCCCC(=CC(=O)C=C(CC)CCCC)CC. The molecule has 0 spiro atoms. The van der Waals surface area contributed by atoms with Gasteiger partial charge in [0.25, 0.3) is 0 Å². The molecule has 0 bridgehead atoms. The van der Waals surface area contributed by atoms with Gasteiger partial charge in [0.15, 0.2) is 5.78 Å². The highest BCUT2D eigenvalue weighted by molar-refractivity contribution is 6.00. The molecule has 0 atom stereocenters. The van der Waals surface area contributed by atoms with Gasteiger partial charge >= 0.3 is 0 Å². The van der Waals surface area contributed by atoms with Gasteiger partial charge in [-0.25, -0.2) is 0 Å². The Labute approximate surface area is 113 Å². The third-order valence-electron chi connectivity index (χ3n) is 3.30. The summed E-state index contributed by atoms with van der Waals surface area (Å²) in [6, 6.07) is 0. The molecule has 18 heavy (non-hydrogen) atoms. The number of carbonyl (C=O) groups is 1. The van der Waals surface area contributed by atoms with Crippen molar-refractivity contribution >= 4 is 5.78 Å². The molecule has 1 heteroatoms. The van der Waals surface area contributed by atoms with Gasteiger partial charge in [-0.05, 0) is 50.7 Å². The fourth-order valence-electron chi connectivity index (χ4n) is 1.95. The molecular weight excluding hydrogens is 220 g/mol. The smallest absolute Gasteiger partial charge is 0.178 e. The van der Waals surface area contributed by atoms with Crippen LogP contribution in [0.4, 0.5) is 0 Å². The number of carbonyl (C=O) groups excluding carboxylic acids is 1. The monoisotopic (exact) mass is 250 g/mol. The largest absolute Gasteiger partial charge is 0.290 e. The van der Waals surface area contributed by atoms with Gasteiger partial charge in [-0.3, -0.25) is 4.79 Å². The molecule has 0 aromatic carbocycles. The van der Waals surface area contributed by atoms with E-state index in [1.165, 1.54) is 36.8 Å². The van der Waals surface area contributed by atoms with Crippen molar-refractivity contribution in [3.63, 3.8) is 0 Å². The van der Waals surface area contributed by atoms with E-state index in [0.717, 1.165) is 25.7 Å². The molecule has 0 radical (unpaired) electrons. The zero-order valence-electron chi connectivity index (χ0n) is 12.7. The Bertz CT molecular complexity index is 256. The van der Waals surface area contributed by atoms with Crippen molar-refractivity contribution in [2.75, 3.05) is 0 Å². The lowest BCUT2D eigenvalue weighted by molar-refractivity contribution is -0.110. The topological polar surface area (TPSA) is 17.1 Å². The van der Waals surface area contributed by atoms with Gasteiger partial charge in [0.2, 0.25) is 0 Å². The van der Waals surface area contributed by atoms with E-state index in [-0.39, 0.29) is 5.78 Å². The molecule has 0 fully saturated rings. The molecule has 0 aromatic rings. The normalized spacial score (nSPS) is 12.9. The maximum atomic E-state index is 12.0. The molecule has 104 valence electrons. The number of ketones is 1. The minimum absolute atomic E-state index is 0.191. The van der Waals surface area contributed by atoms with Crippen LogP contribution in [0.15, 0.2) is 23.3 Å². The van der Waals surface area contributed by atoms with Crippen molar-refractivity contribution in [2.45, 2.75) is 79.1 Å². The van der Waals surface area contributed by atoms with Crippen molar-refractivity contribution < 1.29 is 4.79 Å². The van der Waals surface area contributed by atoms with Crippen LogP contribution in [-0.4, -0.2) is 5.78 Å². The fraction of sp³-hybridized carbons (Fsp3) is 0.706. The van der Waals surface area contributed by atoms with E-state index in [1.54, 1.807) is 0 Å². The molecule has 0 unspecified atom stereocenters. The van der Waals surface area contributed by atoms with Crippen LogP contribution in [0.1, 0.15) is 79.1 Å². The summed E-state index contributed by atoms with van der Waals surface area (Å²) in [5, 5.41) is 0. The lowest BCUT2D eigenvalue weighted by Crippen LogP contribution is -1.94. The first kappa shape index (κ1) is 17.2. The second kappa shape index (κ2) is 11.3. The van der Waals surface area contributed by atoms with Gasteiger partial charge in [-0.15, -0.1) is 0 Å². The van der Waals surface area contributed by atoms with Crippen LogP contribution in [-0.2, 0) is 4.79 Å². The van der Waals surface area contributed by atoms with Gasteiger partial charge in [0, 0.05) is 0 Å². The Morgan fingerprint density at radius 2 is 1.17 bits per heavy atom. The quantitative estimate of drug-likeness (QED) is 0.461. The lowest BCUT2D eigenvalue weighted by Gasteiger charge is -2.04. The maximum absolute atomic E-state index is 12.0. The zero-order valence-corrected chi connectivity index (χ0v) is 12.7. The molecule has 0 amide bonds. The van der Waals surface area contributed by atoms with Crippen LogP contribution in [0.3, 0.4) is 0 Å². The van der Waals surface area contributed by atoms with Gasteiger partial charge in [0.05, 0.1) is 0 Å². The Morgan fingerprint density at radius 3 is 1.44 bits per heavy atom. The second-order valence-corrected chi connectivity index (χ2v) is 4.92. The summed E-state index contributed by atoms with van der Waals surface area (Å²) in [4.78, 5) is 12.0. The number of allylic oxidation sites excluding steroid dienone is 4. The first-order valence-electron chi connectivity index (χ1n) is 7.60. The number of unbranched alkanes of at least 4 members (excludes halogenated alkanes) is 2. The van der Waals surface area contributed by atoms with Gasteiger partial charge in [-0.1, -0.05) is 51.7 Å². The first-order valence-corrected chi connectivity index (χ1v) is 7.60. The molecule has 0 aliphatic rings. The summed E-state index contributed by atoms with van der Waals surface area (Å²) < 4.78 is 0. The highest BCUT2D eigenvalue weighted by atomic mass is 16.1. The van der Waals surface area contributed by atoms with E-state index in [4.69, 9.17) is 0 Å². The standard InChI is InChI=1S/C17H30O/c1-5-9-11-15(7-3)13-17(18)14-16(8-4)12-10-6-2/h13-14H,5-12H2,1-4H3. The Kier molecular flexibility index (Phi) is 10.7. The predicted octanol–water partition coefficient (Wildman–Crippen LogP) is 5.61. The summed E-state index contributed by atoms with van der Waals surface area (Å²) in [6.07, 6.45) is 12.6. The average molecular weight is 250 g/mol. The van der Waals surface area contributed by atoms with Crippen molar-refractivity contribution in [3.05, 3.63) is 23.3 Å². The molecular formula is C17H30O. The van der Waals surface area contributed by atoms with Crippen LogP contribution in [0, 0.1) is 0 Å². The third-order valence-corrected chi connectivity index (χ3v) is 3.30. The highest BCUT2D eigenvalue weighted by Gasteiger charge is 2.01. The minimum Gasteiger partial charge on any atom is -0.290 e. The summed E-state index contributed by atoms with van der Waals surface area (Å²) in [5.74, 6) is 0.191. The van der Waals surface area contributed by atoms with Crippen LogP contribution >= 0.6 is 0 Å². The van der Waals surface area contributed by atoms with Crippen molar-refractivity contribution in [1.82, 2.24) is 0 Å². The molecule has 0 aliphatic carbocycles. The fourth-order valence-corrected chi connectivity index (χ4v) is 1.95.